The molecule has 0 unspecified atom stereocenters. The molecule has 1 aromatic carbocycles. The van der Waals surface area contributed by atoms with E-state index in [4.69, 9.17) is 0 Å². The number of nitrogens with one attached hydrogen (secondary N) is 1. The average Bonchev–Trinajstić information content (AvgIpc) is 2.98. The highest BCUT2D eigenvalue weighted by atomic mass is 16.1. The molecule has 3 rings (SSSR count). The Hall–Kier alpha value is -3.20. The van der Waals surface area contributed by atoms with Gasteiger partial charge in [-0.3, -0.25) is 4.79 Å². The molecule has 1 N–H and O–H groups in total. The van der Waals surface area contributed by atoms with Crippen molar-refractivity contribution in [2.45, 2.75) is 53.5 Å². The lowest BCUT2D eigenvalue weighted by Gasteiger charge is -2.22. The number of anilines is 1. The Morgan fingerprint density at radius 2 is 1.97 bits per heavy atom. The number of rotatable bonds is 6. The van der Waals surface area contributed by atoms with Crippen LogP contribution in [0.15, 0.2) is 36.5 Å². The van der Waals surface area contributed by atoms with Gasteiger partial charge in [0, 0.05) is 42.4 Å². The zero-order valence-electron chi connectivity index (χ0n) is 17.5. The van der Waals surface area contributed by atoms with Gasteiger partial charge in [-0.2, -0.15) is 5.26 Å². The minimum atomic E-state index is 0.0393. The first-order valence-corrected chi connectivity index (χ1v) is 9.93. The Kier molecular flexibility index (Phi) is 5.97. The van der Waals surface area contributed by atoms with E-state index in [0.29, 0.717) is 6.42 Å². The van der Waals surface area contributed by atoms with Crippen LogP contribution in [0.2, 0.25) is 0 Å². The van der Waals surface area contributed by atoms with E-state index in [9.17, 15) is 10.1 Å². The molecular weight excluding hydrogens is 362 g/mol. The van der Waals surface area contributed by atoms with E-state index in [0.717, 1.165) is 47.4 Å². The third-order valence-corrected chi connectivity index (χ3v) is 4.55. The molecule has 0 radical (unpaired) electrons. The topological polar surface area (TPSA) is 83.6 Å². The van der Waals surface area contributed by atoms with Gasteiger partial charge in [-0.15, -0.1) is 0 Å². The van der Waals surface area contributed by atoms with Crippen LogP contribution in [0.25, 0.3) is 11.0 Å². The molecular formula is C23H27N5O. The van der Waals surface area contributed by atoms with Gasteiger partial charge in [0.15, 0.2) is 0 Å². The summed E-state index contributed by atoms with van der Waals surface area (Å²) in [5.74, 6) is 0.224. The summed E-state index contributed by atoms with van der Waals surface area (Å²) in [6.45, 7) is 9.33. The van der Waals surface area contributed by atoms with E-state index in [1.807, 2.05) is 37.3 Å². The number of nitriles is 1. The average molecular weight is 390 g/mol. The van der Waals surface area contributed by atoms with Gasteiger partial charge in [-0.1, -0.05) is 39.8 Å². The molecule has 29 heavy (non-hydrogen) atoms. The van der Waals surface area contributed by atoms with Crippen LogP contribution in [0.3, 0.4) is 0 Å². The molecule has 0 saturated carbocycles. The molecule has 6 nitrogen and oxygen atoms in total. The van der Waals surface area contributed by atoms with Crippen molar-refractivity contribution >= 4 is 22.6 Å². The molecule has 2 aromatic heterocycles. The number of fused-ring (bicyclic) bond motifs is 1. The number of hydrogen-bond acceptors (Lipinski definition) is 4. The van der Waals surface area contributed by atoms with Gasteiger partial charge in [0.05, 0.1) is 0 Å². The van der Waals surface area contributed by atoms with Gasteiger partial charge < -0.3 is 9.88 Å². The molecule has 0 bridgehead atoms. The number of aromatic nitrogens is 3. The van der Waals surface area contributed by atoms with Gasteiger partial charge in [0.2, 0.25) is 11.7 Å². The molecule has 1 amide bonds. The smallest absolute Gasteiger partial charge is 0.234 e. The van der Waals surface area contributed by atoms with Crippen LogP contribution in [0.1, 0.15) is 57.6 Å². The number of amides is 1. The van der Waals surface area contributed by atoms with Crippen LogP contribution >= 0.6 is 0 Å². The van der Waals surface area contributed by atoms with Crippen LogP contribution in [0, 0.1) is 16.7 Å². The Balaban J connectivity index is 1.90. The second-order valence-electron chi connectivity index (χ2n) is 8.54. The van der Waals surface area contributed by atoms with E-state index in [1.165, 1.54) is 0 Å². The summed E-state index contributed by atoms with van der Waals surface area (Å²) >= 11 is 0. The van der Waals surface area contributed by atoms with Crippen LogP contribution in [-0.4, -0.2) is 20.4 Å². The molecule has 0 spiro atoms. The summed E-state index contributed by atoms with van der Waals surface area (Å²) in [5.41, 5.74) is 3.94. The number of benzene rings is 1. The SMILES string of the molecule is CCCC(=O)Nc1ccc(Cc2cc3cnc(C#N)nc3n2CC(C)(C)C)cc1. The summed E-state index contributed by atoms with van der Waals surface area (Å²) < 4.78 is 2.19. The lowest BCUT2D eigenvalue weighted by molar-refractivity contribution is -0.116. The largest absolute Gasteiger partial charge is 0.329 e. The van der Waals surface area contributed by atoms with Crippen molar-refractivity contribution in [2.75, 3.05) is 5.32 Å². The van der Waals surface area contributed by atoms with Crippen LogP contribution in [0.5, 0.6) is 0 Å². The molecule has 0 aliphatic rings. The summed E-state index contributed by atoms with van der Waals surface area (Å²) in [4.78, 5) is 20.3. The highest BCUT2D eigenvalue weighted by Crippen LogP contribution is 2.26. The fraction of sp³-hybridized carbons (Fsp3) is 0.391. The summed E-state index contributed by atoms with van der Waals surface area (Å²) in [6, 6.07) is 12.1. The summed E-state index contributed by atoms with van der Waals surface area (Å²) in [7, 11) is 0. The molecule has 0 saturated heterocycles. The van der Waals surface area contributed by atoms with E-state index in [2.05, 4.69) is 46.7 Å². The van der Waals surface area contributed by atoms with Crippen molar-refractivity contribution in [2.24, 2.45) is 5.41 Å². The quantitative estimate of drug-likeness (QED) is 0.663. The second-order valence-corrected chi connectivity index (χ2v) is 8.54. The molecule has 6 heteroatoms. The van der Waals surface area contributed by atoms with Gasteiger partial charge >= 0.3 is 0 Å². The zero-order chi connectivity index (χ0) is 21.0. The number of nitrogens with zero attached hydrogens (tertiary/aromatic N) is 4. The Bertz CT molecular complexity index is 1050. The zero-order valence-corrected chi connectivity index (χ0v) is 17.5. The monoisotopic (exact) mass is 389 g/mol. The Morgan fingerprint density at radius 3 is 2.59 bits per heavy atom. The highest BCUT2D eigenvalue weighted by molar-refractivity contribution is 5.90. The van der Waals surface area contributed by atoms with Crippen molar-refractivity contribution in [1.82, 2.24) is 14.5 Å². The Labute approximate surface area is 171 Å². The van der Waals surface area contributed by atoms with Gasteiger partial charge in [0.1, 0.15) is 11.7 Å². The Morgan fingerprint density at radius 1 is 1.24 bits per heavy atom. The first-order chi connectivity index (χ1) is 13.8. The fourth-order valence-corrected chi connectivity index (χ4v) is 3.31. The molecule has 0 aliphatic carbocycles. The maximum atomic E-state index is 11.8. The van der Waals surface area contributed by atoms with Gasteiger partial charge in [0.25, 0.3) is 0 Å². The van der Waals surface area contributed by atoms with Crippen LogP contribution in [-0.2, 0) is 17.8 Å². The lowest BCUT2D eigenvalue weighted by atomic mass is 9.96. The first kappa shape index (κ1) is 20.5. The third kappa shape index (κ3) is 5.20. The standard InChI is InChI=1S/C23H27N5O/c1-5-6-21(29)26-18-9-7-16(8-10-18)11-19-12-17-14-25-20(13-24)27-22(17)28(19)15-23(2,3)4/h7-10,12,14H,5-6,11,15H2,1-4H3,(H,26,29). The summed E-state index contributed by atoms with van der Waals surface area (Å²) in [5, 5.41) is 13.0. The van der Waals surface area contributed by atoms with Crippen molar-refractivity contribution in [3.05, 3.63) is 53.6 Å². The van der Waals surface area contributed by atoms with Crippen LogP contribution in [0.4, 0.5) is 5.69 Å². The highest BCUT2D eigenvalue weighted by Gasteiger charge is 2.18. The summed E-state index contributed by atoms with van der Waals surface area (Å²) in [6.07, 6.45) is 3.81. The number of carbonyl (C=O) groups is 1. The molecule has 3 aromatic rings. The third-order valence-electron chi connectivity index (χ3n) is 4.55. The van der Waals surface area contributed by atoms with Crippen molar-refractivity contribution < 1.29 is 4.79 Å². The fourth-order valence-electron chi connectivity index (χ4n) is 3.31. The number of hydrogen-bond donors (Lipinski definition) is 1. The van der Waals surface area contributed by atoms with E-state index >= 15 is 0 Å². The first-order valence-electron chi connectivity index (χ1n) is 9.93. The van der Waals surface area contributed by atoms with Gasteiger partial charge in [-0.05, 0) is 35.6 Å². The lowest BCUT2D eigenvalue weighted by Crippen LogP contribution is -2.18. The maximum absolute atomic E-state index is 11.8. The molecule has 0 fully saturated rings. The minimum absolute atomic E-state index is 0.0393. The van der Waals surface area contributed by atoms with E-state index < -0.39 is 0 Å². The van der Waals surface area contributed by atoms with Crippen molar-refractivity contribution in [3.63, 3.8) is 0 Å². The van der Waals surface area contributed by atoms with Crippen molar-refractivity contribution in [3.8, 4) is 6.07 Å². The molecule has 2 heterocycles. The number of carbonyl (C=O) groups excluding carboxylic acids is 1. The van der Waals surface area contributed by atoms with Crippen LogP contribution < -0.4 is 5.32 Å². The normalized spacial score (nSPS) is 11.4. The molecule has 0 aliphatic heterocycles. The van der Waals surface area contributed by atoms with Crippen molar-refractivity contribution in [1.29, 1.82) is 5.26 Å². The van der Waals surface area contributed by atoms with Gasteiger partial charge in [-0.25, -0.2) is 9.97 Å². The second kappa shape index (κ2) is 8.44. The van der Waals surface area contributed by atoms with E-state index in [-0.39, 0.29) is 17.1 Å². The van der Waals surface area contributed by atoms with E-state index in [1.54, 1.807) is 6.20 Å². The predicted molar refractivity (Wildman–Crippen MR) is 114 cm³/mol. The molecule has 0 atom stereocenters. The minimum Gasteiger partial charge on any atom is -0.329 e. The maximum Gasteiger partial charge on any atom is 0.234 e. The molecule has 150 valence electrons. The predicted octanol–water partition coefficient (Wildman–Crippen LogP) is 4.68.